The molecule has 1 aliphatic heterocycles. The van der Waals surface area contributed by atoms with E-state index in [9.17, 15) is 0 Å². The minimum absolute atomic E-state index is 0.829. The first-order chi connectivity index (χ1) is 7.81. The van der Waals surface area contributed by atoms with Crippen LogP contribution in [0.3, 0.4) is 0 Å². The molecule has 1 aliphatic rings. The van der Waals surface area contributed by atoms with E-state index in [0.29, 0.717) is 0 Å². The van der Waals surface area contributed by atoms with Crippen molar-refractivity contribution in [3.63, 3.8) is 0 Å². The quantitative estimate of drug-likeness (QED) is 0.780. The number of aromatic nitrogens is 1. The predicted octanol–water partition coefficient (Wildman–Crippen LogP) is 2.18. The summed E-state index contributed by atoms with van der Waals surface area (Å²) in [5, 5.41) is 0. The lowest BCUT2D eigenvalue weighted by Gasteiger charge is -2.29. The van der Waals surface area contributed by atoms with Crippen molar-refractivity contribution < 1.29 is 4.74 Å². The molecule has 1 aromatic heterocycles. The summed E-state index contributed by atoms with van der Waals surface area (Å²) < 4.78 is 5.35. The first-order valence-electron chi connectivity index (χ1n) is 6.09. The molecule has 88 valence electrons. The summed E-state index contributed by atoms with van der Waals surface area (Å²) in [4.78, 5) is 6.91. The predicted molar refractivity (Wildman–Crippen MR) is 66.0 cm³/mol. The lowest BCUT2D eigenvalue weighted by atomic mass is 10.1. The zero-order valence-electron chi connectivity index (χ0n) is 10.2. The van der Waals surface area contributed by atoms with Crippen LogP contribution in [0.2, 0.25) is 0 Å². The highest BCUT2D eigenvalue weighted by molar-refractivity contribution is 5.47. The van der Waals surface area contributed by atoms with Crippen LogP contribution in [0.5, 0.6) is 0 Å². The van der Waals surface area contributed by atoms with E-state index in [1.54, 1.807) is 0 Å². The van der Waals surface area contributed by atoms with Crippen molar-refractivity contribution in [1.29, 1.82) is 0 Å². The van der Waals surface area contributed by atoms with Crippen LogP contribution < -0.4 is 4.90 Å². The fraction of sp³-hybridized carbons (Fsp3) is 0.615. The number of ether oxygens (including phenoxy) is 1. The second-order valence-electron chi connectivity index (χ2n) is 4.31. The van der Waals surface area contributed by atoms with Crippen LogP contribution in [0.15, 0.2) is 12.3 Å². The Kier molecular flexibility index (Phi) is 3.78. The second kappa shape index (κ2) is 5.30. The maximum Gasteiger partial charge on any atom is 0.0642 e. The van der Waals surface area contributed by atoms with Gasteiger partial charge in [-0.25, -0.2) is 0 Å². The Hall–Kier alpha value is -1.09. The molecule has 1 saturated heterocycles. The molecule has 3 nitrogen and oxygen atoms in total. The molecule has 0 spiro atoms. The molecule has 0 unspecified atom stereocenters. The number of hydrogen-bond acceptors (Lipinski definition) is 3. The van der Waals surface area contributed by atoms with Crippen LogP contribution in [-0.2, 0) is 11.2 Å². The van der Waals surface area contributed by atoms with Gasteiger partial charge in [-0.1, -0.05) is 13.3 Å². The molecule has 1 aromatic rings. The van der Waals surface area contributed by atoms with E-state index in [4.69, 9.17) is 4.74 Å². The maximum absolute atomic E-state index is 5.35. The summed E-state index contributed by atoms with van der Waals surface area (Å²) in [6, 6.07) is 2.25. The molecule has 2 rings (SSSR count). The van der Waals surface area contributed by atoms with Gasteiger partial charge in [-0.2, -0.15) is 0 Å². The van der Waals surface area contributed by atoms with E-state index in [1.807, 2.05) is 6.20 Å². The zero-order valence-corrected chi connectivity index (χ0v) is 10.2. The molecule has 0 atom stereocenters. The molecule has 1 fully saturated rings. The summed E-state index contributed by atoms with van der Waals surface area (Å²) in [5.41, 5.74) is 3.78. The molecule has 3 heteroatoms. The van der Waals surface area contributed by atoms with Gasteiger partial charge in [-0.3, -0.25) is 4.98 Å². The smallest absolute Gasteiger partial charge is 0.0642 e. The Morgan fingerprint density at radius 1 is 1.38 bits per heavy atom. The Morgan fingerprint density at radius 3 is 2.75 bits per heavy atom. The van der Waals surface area contributed by atoms with E-state index in [-0.39, 0.29) is 0 Å². The van der Waals surface area contributed by atoms with Gasteiger partial charge in [0.2, 0.25) is 0 Å². The molecular weight excluding hydrogens is 200 g/mol. The van der Waals surface area contributed by atoms with Crippen molar-refractivity contribution in [2.24, 2.45) is 0 Å². The standard InChI is InChI=1S/C13H20N2O/c1-3-4-13-11(2)9-12(10-14-13)15-5-7-16-8-6-15/h9-10H,3-8H2,1-2H3. The summed E-state index contributed by atoms with van der Waals surface area (Å²) >= 11 is 0. The zero-order chi connectivity index (χ0) is 11.4. The van der Waals surface area contributed by atoms with Gasteiger partial charge in [0.25, 0.3) is 0 Å². The van der Waals surface area contributed by atoms with Crippen molar-refractivity contribution in [2.45, 2.75) is 26.7 Å². The number of rotatable bonds is 3. The highest BCUT2D eigenvalue weighted by Gasteiger charge is 2.12. The number of morpholine rings is 1. The molecule has 0 N–H and O–H groups in total. The van der Waals surface area contributed by atoms with Gasteiger partial charge in [0.1, 0.15) is 0 Å². The molecule has 0 aliphatic carbocycles. The summed E-state index contributed by atoms with van der Waals surface area (Å²) in [5.74, 6) is 0. The van der Waals surface area contributed by atoms with E-state index in [0.717, 1.165) is 39.1 Å². The molecule has 2 heterocycles. The number of aryl methyl sites for hydroxylation is 2. The first-order valence-corrected chi connectivity index (χ1v) is 6.09. The fourth-order valence-electron chi connectivity index (χ4n) is 2.08. The monoisotopic (exact) mass is 220 g/mol. The minimum Gasteiger partial charge on any atom is -0.378 e. The van der Waals surface area contributed by atoms with Crippen molar-refractivity contribution in [3.05, 3.63) is 23.5 Å². The van der Waals surface area contributed by atoms with E-state index < -0.39 is 0 Å². The van der Waals surface area contributed by atoms with Gasteiger partial charge in [0.15, 0.2) is 0 Å². The Bertz CT molecular complexity index is 346. The van der Waals surface area contributed by atoms with Crippen LogP contribution in [0, 0.1) is 6.92 Å². The molecule has 0 bridgehead atoms. The summed E-state index contributed by atoms with van der Waals surface area (Å²) in [6.07, 6.45) is 4.24. The lowest BCUT2D eigenvalue weighted by Crippen LogP contribution is -2.36. The summed E-state index contributed by atoms with van der Waals surface area (Å²) in [7, 11) is 0. The topological polar surface area (TPSA) is 25.4 Å². The van der Waals surface area contributed by atoms with Crippen LogP contribution in [0.1, 0.15) is 24.6 Å². The SMILES string of the molecule is CCCc1ncc(N2CCOCC2)cc1C. The molecule has 16 heavy (non-hydrogen) atoms. The minimum atomic E-state index is 0.829. The highest BCUT2D eigenvalue weighted by Crippen LogP contribution is 2.18. The third-order valence-corrected chi connectivity index (χ3v) is 3.04. The van der Waals surface area contributed by atoms with Gasteiger partial charge >= 0.3 is 0 Å². The largest absolute Gasteiger partial charge is 0.378 e. The first kappa shape index (κ1) is 11.4. The van der Waals surface area contributed by atoms with Crippen molar-refractivity contribution >= 4 is 5.69 Å². The molecule has 0 amide bonds. The number of hydrogen-bond donors (Lipinski definition) is 0. The van der Waals surface area contributed by atoms with Gasteiger partial charge in [-0.05, 0) is 25.0 Å². The molecule has 0 aromatic carbocycles. The van der Waals surface area contributed by atoms with Gasteiger partial charge in [0.05, 0.1) is 25.1 Å². The van der Waals surface area contributed by atoms with Crippen LogP contribution in [0.4, 0.5) is 5.69 Å². The van der Waals surface area contributed by atoms with Gasteiger partial charge < -0.3 is 9.64 Å². The van der Waals surface area contributed by atoms with Gasteiger partial charge in [0, 0.05) is 18.8 Å². The average molecular weight is 220 g/mol. The molecular formula is C13H20N2O. The van der Waals surface area contributed by atoms with Gasteiger partial charge in [-0.15, -0.1) is 0 Å². The maximum atomic E-state index is 5.35. The Balaban J connectivity index is 2.13. The number of nitrogens with zero attached hydrogens (tertiary/aromatic N) is 2. The highest BCUT2D eigenvalue weighted by atomic mass is 16.5. The molecule has 0 radical (unpaired) electrons. The van der Waals surface area contributed by atoms with E-state index in [1.165, 1.54) is 16.9 Å². The second-order valence-corrected chi connectivity index (χ2v) is 4.31. The Morgan fingerprint density at radius 2 is 2.12 bits per heavy atom. The van der Waals surface area contributed by atoms with Crippen LogP contribution in [0.25, 0.3) is 0 Å². The lowest BCUT2D eigenvalue weighted by molar-refractivity contribution is 0.122. The van der Waals surface area contributed by atoms with Crippen molar-refractivity contribution in [3.8, 4) is 0 Å². The van der Waals surface area contributed by atoms with Crippen LogP contribution >= 0.6 is 0 Å². The Labute approximate surface area is 97.4 Å². The number of anilines is 1. The fourth-order valence-corrected chi connectivity index (χ4v) is 2.08. The molecule has 0 saturated carbocycles. The normalized spacial score (nSPS) is 16.5. The van der Waals surface area contributed by atoms with Crippen molar-refractivity contribution in [2.75, 3.05) is 31.2 Å². The van der Waals surface area contributed by atoms with E-state index in [2.05, 4.69) is 29.8 Å². The summed E-state index contributed by atoms with van der Waals surface area (Å²) in [6.45, 7) is 7.97. The average Bonchev–Trinajstić information content (AvgIpc) is 2.33. The van der Waals surface area contributed by atoms with E-state index >= 15 is 0 Å². The van der Waals surface area contributed by atoms with Crippen LogP contribution in [-0.4, -0.2) is 31.3 Å². The third kappa shape index (κ3) is 2.53. The third-order valence-electron chi connectivity index (χ3n) is 3.04. The van der Waals surface area contributed by atoms with Crippen molar-refractivity contribution in [1.82, 2.24) is 4.98 Å². The number of pyridine rings is 1.